The molecule has 2 rings (SSSR count). The van der Waals surface area contributed by atoms with Gasteiger partial charge in [0.25, 0.3) is 0 Å². The smallest absolute Gasteiger partial charge is 0.123 e. The number of nitrogens with one attached hydrogen (secondary N) is 1. The van der Waals surface area contributed by atoms with E-state index in [0.29, 0.717) is 6.04 Å². The molecule has 1 aliphatic rings. The van der Waals surface area contributed by atoms with Gasteiger partial charge in [-0.3, -0.25) is 0 Å². The van der Waals surface area contributed by atoms with Gasteiger partial charge in [-0.25, -0.2) is 4.39 Å². The molecule has 0 spiro atoms. The zero-order valence-corrected chi connectivity index (χ0v) is 11.3. The number of hydrogen-bond donors (Lipinski definition) is 1. The lowest BCUT2D eigenvalue weighted by Crippen LogP contribution is -2.32. The zero-order valence-electron chi connectivity index (χ0n) is 11.3. The summed E-state index contributed by atoms with van der Waals surface area (Å²) in [7, 11) is 0. The Hall–Kier alpha value is -0.890. The van der Waals surface area contributed by atoms with E-state index < -0.39 is 0 Å². The van der Waals surface area contributed by atoms with Crippen molar-refractivity contribution in [3.05, 3.63) is 35.6 Å². The average molecular weight is 249 g/mol. The molecular formula is C16H24FN. The highest BCUT2D eigenvalue weighted by Crippen LogP contribution is 2.21. The molecule has 1 aromatic rings. The quantitative estimate of drug-likeness (QED) is 0.826. The predicted molar refractivity (Wildman–Crippen MR) is 74.1 cm³/mol. The van der Waals surface area contributed by atoms with Gasteiger partial charge in [0.1, 0.15) is 5.82 Å². The van der Waals surface area contributed by atoms with E-state index in [2.05, 4.69) is 12.2 Å². The largest absolute Gasteiger partial charge is 0.307 e. The highest BCUT2D eigenvalue weighted by Gasteiger charge is 2.14. The molecule has 0 radical (unpaired) electrons. The van der Waals surface area contributed by atoms with Gasteiger partial charge < -0.3 is 5.32 Å². The summed E-state index contributed by atoms with van der Waals surface area (Å²) in [6.07, 6.45) is 9.31. The summed E-state index contributed by atoms with van der Waals surface area (Å²) in [5, 5.41) is 3.66. The summed E-state index contributed by atoms with van der Waals surface area (Å²) in [6.45, 7) is 2.13. The topological polar surface area (TPSA) is 12.0 Å². The molecule has 1 aromatic carbocycles. The minimum absolute atomic E-state index is 0.140. The van der Waals surface area contributed by atoms with Crippen LogP contribution in [0.5, 0.6) is 0 Å². The van der Waals surface area contributed by atoms with Crippen LogP contribution in [-0.4, -0.2) is 6.04 Å². The van der Waals surface area contributed by atoms with Crippen LogP contribution in [0.2, 0.25) is 0 Å². The third-order valence-electron chi connectivity index (χ3n) is 3.94. The summed E-state index contributed by atoms with van der Waals surface area (Å²) in [4.78, 5) is 0. The van der Waals surface area contributed by atoms with Crippen LogP contribution in [0.4, 0.5) is 4.39 Å². The van der Waals surface area contributed by atoms with E-state index >= 15 is 0 Å². The van der Waals surface area contributed by atoms with Gasteiger partial charge in [-0.15, -0.1) is 0 Å². The van der Waals surface area contributed by atoms with Crippen LogP contribution in [0.15, 0.2) is 24.3 Å². The Balaban J connectivity index is 1.90. The third-order valence-corrected chi connectivity index (χ3v) is 3.94. The van der Waals surface area contributed by atoms with Gasteiger partial charge in [0.15, 0.2) is 0 Å². The summed E-state index contributed by atoms with van der Waals surface area (Å²) in [5.74, 6) is -0.140. The Bertz CT molecular complexity index is 356. The maximum Gasteiger partial charge on any atom is 0.123 e. The second-order valence-corrected chi connectivity index (χ2v) is 5.49. The van der Waals surface area contributed by atoms with Gasteiger partial charge in [0, 0.05) is 12.1 Å². The molecule has 0 saturated heterocycles. The van der Waals surface area contributed by atoms with Crippen molar-refractivity contribution in [2.45, 2.75) is 64.0 Å². The van der Waals surface area contributed by atoms with Crippen LogP contribution >= 0.6 is 0 Å². The van der Waals surface area contributed by atoms with E-state index in [1.54, 1.807) is 12.1 Å². The highest BCUT2D eigenvalue weighted by atomic mass is 19.1. The lowest BCUT2D eigenvalue weighted by Gasteiger charge is -2.25. The first-order valence-corrected chi connectivity index (χ1v) is 7.27. The van der Waals surface area contributed by atoms with Crippen molar-refractivity contribution in [2.75, 3.05) is 0 Å². The van der Waals surface area contributed by atoms with E-state index in [1.165, 1.54) is 51.0 Å². The second-order valence-electron chi connectivity index (χ2n) is 5.49. The lowest BCUT2D eigenvalue weighted by atomic mass is 9.95. The lowest BCUT2D eigenvalue weighted by molar-refractivity contribution is 0.362. The summed E-state index contributed by atoms with van der Waals surface area (Å²) >= 11 is 0. The van der Waals surface area contributed by atoms with Crippen LogP contribution < -0.4 is 5.32 Å². The van der Waals surface area contributed by atoms with Crippen LogP contribution in [0, 0.1) is 5.82 Å². The molecule has 0 aromatic heterocycles. The number of rotatable bonds is 3. The molecule has 1 fully saturated rings. The molecular weight excluding hydrogens is 225 g/mol. The Morgan fingerprint density at radius 2 is 1.78 bits per heavy atom. The molecule has 0 bridgehead atoms. The normalized spacial score (nSPS) is 20.1. The van der Waals surface area contributed by atoms with Crippen LogP contribution in [0.3, 0.4) is 0 Å². The van der Waals surface area contributed by atoms with E-state index in [-0.39, 0.29) is 11.9 Å². The van der Waals surface area contributed by atoms with Crippen LogP contribution in [-0.2, 0) is 0 Å². The molecule has 2 heteroatoms. The zero-order chi connectivity index (χ0) is 12.8. The summed E-state index contributed by atoms with van der Waals surface area (Å²) < 4.78 is 13.2. The Morgan fingerprint density at radius 3 is 2.44 bits per heavy atom. The maximum absolute atomic E-state index is 13.2. The van der Waals surface area contributed by atoms with Gasteiger partial charge >= 0.3 is 0 Å². The van der Waals surface area contributed by atoms with Crippen molar-refractivity contribution >= 4 is 0 Å². The van der Waals surface area contributed by atoms with E-state index in [1.807, 2.05) is 6.07 Å². The summed E-state index contributed by atoms with van der Waals surface area (Å²) in [5.41, 5.74) is 1.05. The summed E-state index contributed by atoms with van der Waals surface area (Å²) in [6, 6.07) is 7.78. The number of benzene rings is 1. The van der Waals surface area contributed by atoms with Gasteiger partial charge in [0.05, 0.1) is 0 Å². The Kier molecular flexibility index (Phi) is 5.18. The van der Waals surface area contributed by atoms with Crippen molar-refractivity contribution in [1.82, 2.24) is 5.32 Å². The van der Waals surface area contributed by atoms with Crippen LogP contribution in [0.25, 0.3) is 0 Å². The van der Waals surface area contributed by atoms with Gasteiger partial charge in [0.2, 0.25) is 0 Å². The van der Waals surface area contributed by atoms with E-state index in [4.69, 9.17) is 0 Å². The molecule has 0 aliphatic heterocycles. The molecule has 1 aliphatic carbocycles. The molecule has 1 saturated carbocycles. The van der Waals surface area contributed by atoms with E-state index in [0.717, 1.165) is 5.56 Å². The van der Waals surface area contributed by atoms with Crippen molar-refractivity contribution in [1.29, 1.82) is 0 Å². The second kappa shape index (κ2) is 6.89. The highest BCUT2D eigenvalue weighted by molar-refractivity contribution is 5.19. The van der Waals surface area contributed by atoms with E-state index in [9.17, 15) is 4.39 Å². The molecule has 1 nitrogen and oxygen atoms in total. The Labute approximate surface area is 110 Å². The van der Waals surface area contributed by atoms with Crippen molar-refractivity contribution < 1.29 is 4.39 Å². The van der Waals surface area contributed by atoms with Gasteiger partial charge in [-0.1, -0.05) is 44.2 Å². The third kappa shape index (κ3) is 4.09. The minimum Gasteiger partial charge on any atom is -0.307 e. The molecule has 1 unspecified atom stereocenters. The van der Waals surface area contributed by atoms with Gasteiger partial charge in [-0.2, -0.15) is 0 Å². The molecule has 0 amide bonds. The fourth-order valence-corrected chi connectivity index (χ4v) is 2.85. The fourth-order valence-electron chi connectivity index (χ4n) is 2.85. The molecule has 0 heterocycles. The van der Waals surface area contributed by atoms with Crippen LogP contribution in [0.1, 0.15) is 63.5 Å². The number of hydrogen-bond acceptors (Lipinski definition) is 1. The molecule has 18 heavy (non-hydrogen) atoms. The van der Waals surface area contributed by atoms with Crippen molar-refractivity contribution in [3.8, 4) is 0 Å². The molecule has 100 valence electrons. The van der Waals surface area contributed by atoms with Crippen molar-refractivity contribution in [2.24, 2.45) is 0 Å². The average Bonchev–Trinajstić information content (AvgIpc) is 2.32. The minimum atomic E-state index is -0.140. The van der Waals surface area contributed by atoms with Crippen molar-refractivity contribution in [3.63, 3.8) is 0 Å². The Morgan fingerprint density at radius 1 is 1.11 bits per heavy atom. The molecule has 1 atom stereocenters. The fraction of sp³-hybridized carbons (Fsp3) is 0.625. The first kappa shape index (κ1) is 13.5. The maximum atomic E-state index is 13.2. The molecule has 1 N–H and O–H groups in total. The standard InChI is InChI=1S/C16H24FN/c1-13(14-8-7-9-15(17)12-14)18-16-10-5-3-2-4-6-11-16/h7-9,12-13,16,18H,2-6,10-11H2,1H3. The first-order valence-electron chi connectivity index (χ1n) is 7.27. The number of halogens is 1. The monoisotopic (exact) mass is 249 g/mol. The predicted octanol–water partition coefficient (Wildman–Crippen LogP) is 4.59. The van der Waals surface area contributed by atoms with Gasteiger partial charge in [-0.05, 0) is 37.5 Å². The SMILES string of the molecule is CC(NC1CCCCCCC1)c1cccc(F)c1. The first-order chi connectivity index (χ1) is 8.75.